The minimum atomic E-state index is -1.08. The smallest absolute Gasteiger partial charge is 0.324 e. The Bertz CT molecular complexity index is 169. The molecule has 0 fully saturated rings. The van der Waals surface area contributed by atoms with Crippen molar-refractivity contribution in [3.63, 3.8) is 0 Å². The molecule has 3 nitrogen and oxygen atoms in total. The maximum absolute atomic E-state index is 10.6. The third kappa shape index (κ3) is 5.93. The van der Waals surface area contributed by atoms with Crippen molar-refractivity contribution in [2.75, 3.05) is 11.5 Å². The van der Waals surface area contributed by atoms with E-state index in [4.69, 9.17) is 10.8 Å². The van der Waals surface area contributed by atoms with Crippen LogP contribution < -0.4 is 5.73 Å². The summed E-state index contributed by atoms with van der Waals surface area (Å²) in [5.41, 5.74) is 4.47. The van der Waals surface area contributed by atoms with Gasteiger partial charge in [0.05, 0.1) is 0 Å². The van der Waals surface area contributed by atoms with Crippen LogP contribution in [0.15, 0.2) is 0 Å². The quantitative estimate of drug-likeness (QED) is 0.646. The van der Waals surface area contributed by atoms with Gasteiger partial charge >= 0.3 is 5.97 Å². The molecule has 13 heavy (non-hydrogen) atoms. The molecule has 0 aliphatic rings. The number of carboxylic acids is 1. The molecule has 0 bridgehead atoms. The van der Waals surface area contributed by atoms with Crippen LogP contribution in [0.1, 0.15) is 27.2 Å². The van der Waals surface area contributed by atoms with Gasteiger partial charge in [0.1, 0.15) is 5.54 Å². The first-order valence-corrected chi connectivity index (χ1v) is 5.61. The van der Waals surface area contributed by atoms with E-state index in [2.05, 4.69) is 13.8 Å². The Hall–Kier alpha value is -0.220. The predicted molar refractivity (Wildman–Crippen MR) is 57.0 cm³/mol. The Kier molecular flexibility index (Phi) is 5.40. The van der Waals surface area contributed by atoms with Crippen LogP contribution in [-0.2, 0) is 4.79 Å². The lowest BCUT2D eigenvalue weighted by Gasteiger charge is -2.18. The van der Waals surface area contributed by atoms with E-state index in [1.54, 1.807) is 18.7 Å². The van der Waals surface area contributed by atoms with Gasteiger partial charge in [0.25, 0.3) is 0 Å². The van der Waals surface area contributed by atoms with Crippen LogP contribution in [-0.4, -0.2) is 28.1 Å². The molecule has 0 aromatic carbocycles. The van der Waals surface area contributed by atoms with Crippen molar-refractivity contribution in [2.45, 2.75) is 32.7 Å². The second kappa shape index (κ2) is 5.50. The van der Waals surface area contributed by atoms with Gasteiger partial charge in [0.15, 0.2) is 0 Å². The normalized spacial score (nSPS) is 15.8. The van der Waals surface area contributed by atoms with Gasteiger partial charge in [0, 0.05) is 5.75 Å². The molecule has 0 radical (unpaired) electrons. The summed E-state index contributed by atoms with van der Waals surface area (Å²) in [6.07, 6.45) is 1.11. The fourth-order valence-corrected chi connectivity index (χ4v) is 1.99. The zero-order chi connectivity index (χ0) is 10.5. The lowest BCUT2D eigenvalue weighted by molar-refractivity contribution is -0.141. The highest BCUT2D eigenvalue weighted by Gasteiger charge is 2.27. The molecule has 4 heteroatoms. The van der Waals surface area contributed by atoms with Gasteiger partial charge in [-0.2, -0.15) is 11.8 Å². The van der Waals surface area contributed by atoms with E-state index >= 15 is 0 Å². The number of aliphatic carboxylic acids is 1. The monoisotopic (exact) mass is 205 g/mol. The Morgan fingerprint density at radius 2 is 2.15 bits per heavy atom. The van der Waals surface area contributed by atoms with E-state index in [1.165, 1.54) is 0 Å². The standard InChI is InChI=1S/C9H19NO2S/c1-7(2)4-5-13-6-9(3,10)8(11)12/h7H,4-6,10H2,1-3H3,(H,11,12). The molecule has 0 aromatic rings. The van der Waals surface area contributed by atoms with Crippen LogP contribution in [0.4, 0.5) is 0 Å². The third-order valence-electron chi connectivity index (χ3n) is 1.73. The lowest BCUT2D eigenvalue weighted by atomic mass is 10.1. The third-order valence-corrected chi connectivity index (χ3v) is 3.06. The number of nitrogens with two attached hydrogens (primary N) is 1. The zero-order valence-corrected chi connectivity index (χ0v) is 9.36. The number of hydrogen-bond acceptors (Lipinski definition) is 3. The van der Waals surface area contributed by atoms with Gasteiger partial charge < -0.3 is 10.8 Å². The molecule has 1 atom stereocenters. The van der Waals surface area contributed by atoms with Crippen molar-refractivity contribution in [3.05, 3.63) is 0 Å². The van der Waals surface area contributed by atoms with E-state index in [0.29, 0.717) is 11.7 Å². The molecule has 0 aromatic heterocycles. The molecule has 0 heterocycles. The molecule has 0 aliphatic carbocycles. The average Bonchev–Trinajstić information content (AvgIpc) is 1.97. The van der Waals surface area contributed by atoms with Crippen molar-refractivity contribution in [3.8, 4) is 0 Å². The Balaban J connectivity index is 3.58. The summed E-state index contributed by atoms with van der Waals surface area (Å²) in [5.74, 6) is 1.21. The molecule has 0 aliphatic heterocycles. The Morgan fingerprint density at radius 1 is 1.62 bits per heavy atom. The highest BCUT2D eigenvalue weighted by atomic mass is 32.2. The van der Waals surface area contributed by atoms with E-state index in [9.17, 15) is 4.79 Å². The molecule has 0 saturated heterocycles. The molecule has 1 unspecified atom stereocenters. The number of thioether (sulfide) groups is 1. The Morgan fingerprint density at radius 3 is 2.54 bits per heavy atom. The largest absolute Gasteiger partial charge is 0.480 e. The first-order chi connectivity index (χ1) is 5.86. The minimum Gasteiger partial charge on any atom is -0.480 e. The highest BCUT2D eigenvalue weighted by Crippen LogP contribution is 2.14. The fraction of sp³-hybridized carbons (Fsp3) is 0.889. The molecule has 0 rings (SSSR count). The maximum Gasteiger partial charge on any atom is 0.324 e. The predicted octanol–water partition coefficient (Wildman–Crippen LogP) is 1.57. The summed E-state index contributed by atoms with van der Waals surface area (Å²) in [5, 5.41) is 8.71. The first-order valence-electron chi connectivity index (χ1n) is 4.46. The minimum absolute atomic E-state index is 0.481. The van der Waals surface area contributed by atoms with Gasteiger partial charge in [-0.25, -0.2) is 0 Å². The van der Waals surface area contributed by atoms with Gasteiger partial charge in [-0.1, -0.05) is 13.8 Å². The summed E-state index contributed by atoms with van der Waals surface area (Å²) in [4.78, 5) is 10.6. The SMILES string of the molecule is CC(C)CCSCC(C)(N)C(=O)O. The van der Waals surface area contributed by atoms with Crippen LogP contribution >= 0.6 is 11.8 Å². The number of carboxylic acid groups (broad SMARTS) is 1. The summed E-state index contributed by atoms with van der Waals surface area (Å²) < 4.78 is 0. The summed E-state index contributed by atoms with van der Waals surface area (Å²) in [6, 6.07) is 0. The number of carbonyl (C=O) groups is 1. The molecule has 0 spiro atoms. The van der Waals surface area contributed by atoms with Crippen molar-refractivity contribution >= 4 is 17.7 Å². The molecular weight excluding hydrogens is 186 g/mol. The van der Waals surface area contributed by atoms with Crippen molar-refractivity contribution < 1.29 is 9.90 Å². The average molecular weight is 205 g/mol. The van der Waals surface area contributed by atoms with Crippen LogP contribution in [0.25, 0.3) is 0 Å². The first kappa shape index (κ1) is 12.8. The van der Waals surface area contributed by atoms with Crippen molar-refractivity contribution in [2.24, 2.45) is 11.7 Å². The number of rotatable bonds is 6. The Labute approximate surface area is 84.1 Å². The molecule has 0 saturated carbocycles. The van der Waals surface area contributed by atoms with E-state index in [-0.39, 0.29) is 0 Å². The second-order valence-corrected chi connectivity index (χ2v) is 5.06. The van der Waals surface area contributed by atoms with Gasteiger partial charge in [-0.15, -0.1) is 0 Å². The maximum atomic E-state index is 10.6. The van der Waals surface area contributed by atoms with Gasteiger partial charge in [0.2, 0.25) is 0 Å². The van der Waals surface area contributed by atoms with Crippen LogP contribution in [0.5, 0.6) is 0 Å². The van der Waals surface area contributed by atoms with Crippen molar-refractivity contribution in [1.82, 2.24) is 0 Å². The van der Waals surface area contributed by atoms with Crippen molar-refractivity contribution in [1.29, 1.82) is 0 Å². The molecule has 0 amide bonds. The number of hydrogen-bond donors (Lipinski definition) is 2. The fourth-order valence-electron chi connectivity index (χ4n) is 0.665. The summed E-state index contributed by atoms with van der Waals surface area (Å²) in [6.45, 7) is 5.86. The zero-order valence-electron chi connectivity index (χ0n) is 8.54. The van der Waals surface area contributed by atoms with Crippen LogP contribution in [0.3, 0.4) is 0 Å². The molecule has 78 valence electrons. The van der Waals surface area contributed by atoms with E-state index in [0.717, 1.165) is 12.2 Å². The van der Waals surface area contributed by atoms with E-state index < -0.39 is 11.5 Å². The van der Waals surface area contributed by atoms with Crippen LogP contribution in [0, 0.1) is 5.92 Å². The topological polar surface area (TPSA) is 63.3 Å². The molecular formula is C9H19NO2S. The summed E-state index contributed by atoms with van der Waals surface area (Å²) in [7, 11) is 0. The van der Waals surface area contributed by atoms with E-state index in [1.807, 2.05) is 0 Å². The highest BCUT2D eigenvalue weighted by molar-refractivity contribution is 7.99. The molecule has 3 N–H and O–H groups in total. The van der Waals surface area contributed by atoms with Crippen LogP contribution in [0.2, 0.25) is 0 Å². The lowest BCUT2D eigenvalue weighted by Crippen LogP contribution is -2.47. The van der Waals surface area contributed by atoms with Gasteiger partial charge in [-0.05, 0) is 25.0 Å². The summed E-state index contributed by atoms with van der Waals surface area (Å²) >= 11 is 1.61. The second-order valence-electron chi connectivity index (χ2n) is 3.96. The van der Waals surface area contributed by atoms with Gasteiger partial charge in [-0.3, -0.25) is 4.79 Å².